The molecule has 1 amide bonds. The number of hydrogen-bond donors (Lipinski definition) is 2. The molecule has 0 spiro atoms. The predicted octanol–water partition coefficient (Wildman–Crippen LogP) is 5.40. The number of benzene rings is 1. The predicted molar refractivity (Wildman–Crippen MR) is 110 cm³/mol. The molecule has 0 saturated heterocycles. The normalized spacial score (nSPS) is 17.9. The van der Waals surface area contributed by atoms with E-state index in [1.165, 1.54) is 10.9 Å². The molecule has 1 aliphatic carbocycles. The summed E-state index contributed by atoms with van der Waals surface area (Å²) in [7, 11) is 0. The van der Waals surface area contributed by atoms with Gasteiger partial charge >= 0.3 is 0 Å². The van der Waals surface area contributed by atoms with Gasteiger partial charge in [-0.1, -0.05) is 37.6 Å². The fourth-order valence-corrected chi connectivity index (χ4v) is 4.45. The van der Waals surface area contributed by atoms with Crippen LogP contribution in [0.2, 0.25) is 5.02 Å². The molecule has 2 atom stereocenters. The van der Waals surface area contributed by atoms with Crippen LogP contribution in [0, 0.1) is 5.92 Å². The van der Waals surface area contributed by atoms with Gasteiger partial charge in [-0.25, -0.2) is 0 Å². The number of hydrogen-bond acceptors (Lipinski definition) is 1. The molecule has 0 radical (unpaired) electrons. The third kappa shape index (κ3) is 3.51. The molecule has 142 valence electrons. The molecule has 2 heterocycles. The van der Waals surface area contributed by atoms with Crippen molar-refractivity contribution in [1.29, 1.82) is 0 Å². The van der Waals surface area contributed by atoms with Gasteiger partial charge in [0, 0.05) is 23.5 Å². The van der Waals surface area contributed by atoms with Gasteiger partial charge in [0.25, 0.3) is 0 Å². The lowest BCUT2D eigenvalue weighted by Gasteiger charge is -2.27. The Balaban J connectivity index is 1.62. The number of aromatic amines is 1. The smallest absolute Gasteiger partial charge is 0.243 e. The third-order valence-corrected chi connectivity index (χ3v) is 5.81. The second kappa shape index (κ2) is 7.43. The lowest BCUT2D eigenvalue weighted by atomic mass is 9.91. The number of carbonyl (C=O) groups excluding carboxylic acids is 1. The molecule has 27 heavy (non-hydrogen) atoms. The van der Waals surface area contributed by atoms with Crippen LogP contribution in [0.1, 0.15) is 56.5 Å². The van der Waals surface area contributed by atoms with Crippen LogP contribution in [0.4, 0.5) is 0 Å². The lowest BCUT2D eigenvalue weighted by molar-refractivity contribution is -0.125. The Morgan fingerprint density at radius 2 is 2.07 bits per heavy atom. The van der Waals surface area contributed by atoms with Crippen molar-refractivity contribution in [2.75, 3.05) is 0 Å². The number of aryl methyl sites for hydroxylation is 1. The molecular weight excluding hydrogens is 358 g/mol. The minimum Gasteiger partial charge on any atom is -0.355 e. The van der Waals surface area contributed by atoms with Crippen molar-refractivity contribution in [3.8, 4) is 0 Å². The molecule has 2 aromatic heterocycles. The first-order valence-corrected chi connectivity index (χ1v) is 10.1. The summed E-state index contributed by atoms with van der Waals surface area (Å²) < 4.78 is 2.02. The van der Waals surface area contributed by atoms with E-state index in [0.29, 0.717) is 5.92 Å². The average Bonchev–Trinajstić information content (AvgIpc) is 3.28. The number of aromatic nitrogens is 2. The zero-order chi connectivity index (χ0) is 19.0. The van der Waals surface area contributed by atoms with E-state index < -0.39 is 0 Å². The van der Waals surface area contributed by atoms with Crippen molar-refractivity contribution in [3.63, 3.8) is 0 Å². The van der Waals surface area contributed by atoms with Crippen LogP contribution in [0.5, 0.6) is 0 Å². The second-order valence-electron chi connectivity index (χ2n) is 7.91. The summed E-state index contributed by atoms with van der Waals surface area (Å²) in [5.41, 5.74) is 3.40. The highest BCUT2D eigenvalue weighted by molar-refractivity contribution is 6.35. The minimum absolute atomic E-state index is 0.00920. The Bertz CT molecular complexity index is 942. The summed E-state index contributed by atoms with van der Waals surface area (Å²) >= 11 is 6.38. The van der Waals surface area contributed by atoms with Gasteiger partial charge < -0.3 is 14.9 Å². The third-order valence-electron chi connectivity index (χ3n) is 5.49. The highest BCUT2D eigenvalue weighted by Crippen LogP contribution is 2.37. The number of fused-ring (bicyclic) bond motifs is 3. The van der Waals surface area contributed by atoms with Crippen LogP contribution in [0.15, 0.2) is 42.7 Å². The molecule has 1 aliphatic rings. The number of amides is 1. The maximum atomic E-state index is 13.2. The van der Waals surface area contributed by atoms with E-state index in [1.807, 2.05) is 41.2 Å². The molecular formula is C22H26ClN3O. The minimum atomic E-state index is -0.182. The zero-order valence-electron chi connectivity index (χ0n) is 15.8. The van der Waals surface area contributed by atoms with Crippen LogP contribution in [0.25, 0.3) is 10.9 Å². The fraction of sp³-hybridized carbons (Fsp3) is 0.409. The molecule has 3 aromatic rings. The number of halogens is 1. The summed E-state index contributed by atoms with van der Waals surface area (Å²) in [6.45, 7) is 4.31. The number of H-pyrrole nitrogens is 1. The first kappa shape index (κ1) is 18.2. The lowest BCUT2D eigenvalue weighted by Crippen LogP contribution is -2.37. The standard InChI is InChI=1S/C22H26ClN3O/c1-14(2)13-19(26-11-3-4-12-26)22(27)24-18-10-6-8-16-15-7-5-9-17(23)20(15)25-21(16)18/h3-5,7,9,11-12,14,18-19,25H,6,8,10,13H2,1-2H3,(H,24,27)/t18-,19-/m1/s1. The number of para-hydroxylation sites is 1. The fourth-order valence-electron chi connectivity index (χ4n) is 4.23. The first-order chi connectivity index (χ1) is 13.0. The van der Waals surface area contributed by atoms with Crippen molar-refractivity contribution < 1.29 is 4.79 Å². The number of nitrogens with one attached hydrogen (secondary N) is 2. The first-order valence-electron chi connectivity index (χ1n) is 9.76. The number of nitrogens with zero attached hydrogens (tertiary/aromatic N) is 1. The van der Waals surface area contributed by atoms with Gasteiger partial charge in [0.1, 0.15) is 6.04 Å². The van der Waals surface area contributed by atoms with Gasteiger partial charge in [0.15, 0.2) is 0 Å². The van der Waals surface area contributed by atoms with Gasteiger partial charge in [-0.3, -0.25) is 4.79 Å². The Hall–Kier alpha value is -2.20. The number of rotatable bonds is 5. The summed E-state index contributed by atoms with van der Waals surface area (Å²) in [6, 6.07) is 9.78. The van der Waals surface area contributed by atoms with Crippen LogP contribution in [0.3, 0.4) is 0 Å². The largest absolute Gasteiger partial charge is 0.355 e. The SMILES string of the molecule is CC(C)C[C@H](C(=O)N[C@@H]1CCCc2c1[nH]c1c(Cl)cccc21)n1cccc1. The quantitative estimate of drug-likeness (QED) is 0.608. The zero-order valence-corrected chi connectivity index (χ0v) is 16.6. The highest BCUT2D eigenvalue weighted by Gasteiger charge is 2.29. The Labute approximate surface area is 164 Å². The molecule has 2 N–H and O–H groups in total. The van der Waals surface area contributed by atoms with Crippen molar-refractivity contribution in [2.45, 2.75) is 51.6 Å². The van der Waals surface area contributed by atoms with Gasteiger partial charge in [-0.15, -0.1) is 0 Å². The van der Waals surface area contributed by atoms with E-state index in [0.717, 1.165) is 41.9 Å². The molecule has 1 aromatic carbocycles. The van der Waals surface area contributed by atoms with E-state index >= 15 is 0 Å². The summed E-state index contributed by atoms with van der Waals surface area (Å²) in [5, 5.41) is 5.23. The number of carbonyl (C=O) groups is 1. The van der Waals surface area contributed by atoms with E-state index in [-0.39, 0.29) is 18.0 Å². The van der Waals surface area contributed by atoms with Crippen LogP contribution in [-0.2, 0) is 11.2 Å². The van der Waals surface area contributed by atoms with Gasteiger partial charge in [-0.05, 0) is 55.4 Å². The van der Waals surface area contributed by atoms with E-state index in [1.54, 1.807) is 0 Å². The molecule has 0 aliphatic heterocycles. The Kier molecular flexibility index (Phi) is 5.00. The van der Waals surface area contributed by atoms with Crippen molar-refractivity contribution in [2.24, 2.45) is 5.92 Å². The van der Waals surface area contributed by atoms with Crippen molar-refractivity contribution in [1.82, 2.24) is 14.9 Å². The molecule has 0 saturated carbocycles. The molecule has 0 bridgehead atoms. The molecule has 4 rings (SSSR count). The second-order valence-corrected chi connectivity index (χ2v) is 8.32. The molecule has 0 fully saturated rings. The summed E-state index contributed by atoms with van der Waals surface area (Å²) in [5.74, 6) is 0.527. The van der Waals surface area contributed by atoms with Crippen molar-refractivity contribution >= 4 is 28.4 Å². The summed E-state index contributed by atoms with van der Waals surface area (Å²) in [6.07, 6.45) is 7.80. The van der Waals surface area contributed by atoms with Crippen LogP contribution < -0.4 is 5.32 Å². The van der Waals surface area contributed by atoms with E-state index in [2.05, 4.69) is 30.2 Å². The Morgan fingerprint density at radius 3 is 2.81 bits per heavy atom. The van der Waals surface area contributed by atoms with E-state index in [4.69, 9.17) is 11.6 Å². The Morgan fingerprint density at radius 1 is 1.30 bits per heavy atom. The van der Waals surface area contributed by atoms with Crippen LogP contribution in [-0.4, -0.2) is 15.5 Å². The van der Waals surface area contributed by atoms with Crippen LogP contribution >= 0.6 is 11.6 Å². The molecule has 4 nitrogen and oxygen atoms in total. The topological polar surface area (TPSA) is 49.8 Å². The molecule has 5 heteroatoms. The van der Waals surface area contributed by atoms with Gasteiger partial charge in [-0.2, -0.15) is 0 Å². The maximum Gasteiger partial charge on any atom is 0.243 e. The molecule has 0 unspecified atom stereocenters. The van der Waals surface area contributed by atoms with Gasteiger partial charge in [0.05, 0.1) is 16.6 Å². The average molecular weight is 384 g/mol. The summed E-state index contributed by atoms with van der Waals surface area (Å²) in [4.78, 5) is 16.7. The maximum absolute atomic E-state index is 13.2. The van der Waals surface area contributed by atoms with E-state index in [9.17, 15) is 4.79 Å². The van der Waals surface area contributed by atoms with Gasteiger partial charge in [0.2, 0.25) is 5.91 Å². The highest BCUT2D eigenvalue weighted by atomic mass is 35.5. The monoisotopic (exact) mass is 383 g/mol. The van der Waals surface area contributed by atoms with Crippen molar-refractivity contribution in [3.05, 3.63) is 59.0 Å².